The molecule has 0 spiro atoms. The van der Waals surface area contributed by atoms with Crippen molar-refractivity contribution in [3.8, 4) is 0 Å². The Bertz CT molecular complexity index is 441. The summed E-state index contributed by atoms with van der Waals surface area (Å²) in [4.78, 5) is 11.7. The largest absolute Gasteiger partial charge is 0.444 e. The highest BCUT2D eigenvalue weighted by Gasteiger charge is 2.30. The van der Waals surface area contributed by atoms with Crippen LogP contribution in [0.4, 0.5) is 4.79 Å². The lowest BCUT2D eigenvalue weighted by atomic mass is 9.80. The van der Waals surface area contributed by atoms with Gasteiger partial charge in [-0.05, 0) is 40.0 Å². The van der Waals surface area contributed by atoms with Crippen LogP contribution in [0.2, 0.25) is 0 Å². The fraction of sp³-hybridized carbons (Fsp3) is 0.933. The molecule has 0 saturated carbocycles. The minimum Gasteiger partial charge on any atom is -0.444 e. The van der Waals surface area contributed by atoms with Crippen molar-refractivity contribution in [2.75, 3.05) is 25.2 Å². The summed E-state index contributed by atoms with van der Waals surface area (Å²) in [6, 6.07) is 0. The molecule has 0 aromatic rings. The molecule has 0 fully saturated rings. The second-order valence-corrected chi connectivity index (χ2v) is 9.26. The van der Waals surface area contributed by atoms with E-state index in [0.29, 0.717) is 19.3 Å². The molecule has 132 valence electrons. The van der Waals surface area contributed by atoms with Crippen molar-refractivity contribution in [1.29, 1.82) is 0 Å². The quantitative estimate of drug-likeness (QED) is 0.672. The van der Waals surface area contributed by atoms with Crippen LogP contribution in [0.1, 0.15) is 53.4 Å². The Morgan fingerprint density at radius 3 is 2.23 bits per heavy atom. The van der Waals surface area contributed by atoms with Crippen molar-refractivity contribution < 1.29 is 23.1 Å². The minimum atomic E-state index is -3.02. The zero-order chi connectivity index (χ0) is 17.4. The van der Waals surface area contributed by atoms with Gasteiger partial charge in [0.05, 0.1) is 6.61 Å². The average Bonchev–Trinajstić information content (AvgIpc) is 2.32. The molecule has 0 aromatic heterocycles. The molecule has 0 aliphatic rings. The summed E-state index contributed by atoms with van der Waals surface area (Å²) >= 11 is 0. The van der Waals surface area contributed by atoms with Gasteiger partial charge in [-0.3, -0.25) is 0 Å². The molecule has 0 rings (SSSR count). The summed E-state index contributed by atoms with van der Waals surface area (Å²) in [5, 5.41) is 12.4. The predicted molar refractivity (Wildman–Crippen MR) is 87.6 cm³/mol. The van der Waals surface area contributed by atoms with Crippen LogP contribution in [0.3, 0.4) is 0 Å². The summed E-state index contributed by atoms with van der Waals surface area (Å²) in [6.07, 6.45) is 3.24. The number of hydrogen-bond acceptors (Lipinski definition) is 5. The van der Waals surface area contributed by atoms with E-state index in [0.717, 1.165) is 6.42 Å². The lowest BCUT2D eigenvalue weighted by Crippen LogP contribution is -2.42. The van der Waals surface area contributed by atoms with Crippen molar-refractivity contribution in [3.63, 3.8) is 0 Å². The van der Waals surface area contributed by atoms with Gasteiger partial charge in [-0.1, -0.05) is 13.3 Å². The Morgan fingerprint density at radius 1 is 1.23 bits per heavy atom. The number of ether oxygens (including phenoxy) is 1. The topological polar surface area (TPSA) is 92.7 Å². The number of hydrogen-bond donors (Lipinski definition) is 2. The molecular formula is C15H31NO5S. The van der Waals surface area contributed by atoms with E-state index >= 15 is 0 Å². The van der Waals surface area contributed by atoms with E-state index in [9.17, 15) is 18.3 Å². The lowest BCUT2D eigenvalue weighted by molar-refractivity contribution is 0.0443. The molecule has 1 amide bonds. The van der Waals surface area contributed by atoms with Gasteiger partial charge >= 0.3 is 6.09 Å². The number of aliphatic hydroxyl groups excluding tert-OH is 1. The molecule has 0 heterocycles. The van der Waals surface area contributed by atoms with Crippen LogP contribution in [-0.2, 0) is 14.6 Å². The van der Waals surface area contributed by atoms with Crippen LogP contribution in [-0.4, -0.2) is 50.4 Å². The summed E-state index contributed by atoms with van der Waals surface area (Å²) in [5.74, 6) is 0.0882. The number of aliphatic hydroxyl groups is 1. The Kier molecular flexibility index (Phi) is 8.39. The first-order valence-electron chi connectivity index (χ1n) is 7.68. The maximum Gasteiger partial charge on any atom is 0.407 e. The third-order valence-electron chi connectivity index (χ3n) is 3.34. The summed E-state index contributed by atoms with van der Waals surface area (Å²) in [5.41, 5.74) is -1.08. The molecule has 6 nitrogen and oxygen atoms in total. The molecule has 0 aromatic carbocycles. The predicted octanol–water partition coefficient (Wildman–Crippen LogP) is 2.11. The smallest absolute Gasteiger partial charge is 0.407 e. The molecular weight excluding hydrogens is 306 g/mol. The Balaban J connectivity index is 4.64. The van der Waals surface area contributed by atoms with E-state index in [2.05, 4.69) is 5.32 Å². The molecule has 7 heteroatoms. The van der Waals surface area contributed by atoms with E-state index in [1.807, 2.05) is 6.92 Å². The van der Waals surface area contributed by atoms with Crippen LogP contribution in [0.5, 0.6) is 0 Å². The first-order valence-corrected chi connectivity index (χ1v) is 9.74. The molecule has 0 aliphatic carbocycles. The van der Waals surface area contributed by atoms with Crippen LogP contribution in [0.15, 0.2) is 0 Å². The molecule has 0 radical (unpaired) electrons. The number of rotatable bonds is 9. The summed E-state index contributed by atoms with van der Waals surface area (Å²) in [7, 11) is -3.02. The minimum absolute atomic E-state index is 0.0882. The third-order valence-corrected chi connectivity index (χ3v) is 4.37. The second-order valence-electron chi connectivity index (χ2n) is 7.00. The first kappa shape index (κ1) is 21.2. The molecule has 1 unspecified atom stereocenters. The fourth-order valence-electron chi connectivity index (χ4n) is 2.33. The zero-order valence-electron chi connectivity index (χ0n) is 14.4. The standard InChI is InChI=1S/C15H31NO5S/c1-6-8-15(12-17,9-7-10-22(5,19)20)11-16-13(18)21-14(2,3)4/h17H,6-12H2,1-5H3,(H,16,18). The average molecular weight is 337 g/mol. The zero-order valence-corrected chi connectivity index (χ0v) is 15.3. The van der Waals surface area contributed by atoms with Gasteiger partial charge in [-0.25, -0.2) is 13.2 Å². The van der Waals surface area contributed by atoms with Crippen molar-refractivity contribution in [1.82, 2.24) is 5.32 Å². The molecule has 0 saturated heterocycles. The monoisotopic (exact) mass is 337 g/mol. The van der Waals surface area contributed by atoms with Crippen LogP contribution < -0.4 is 5.32 Å². The Labute approximate surface area is 134 Å². The van der Waals surface area contributed by atoms with Crippen molar-refractivity contribution in [3.05, 3.63) is 0 Å². The van der Waals surface area contributed by atoms with E-state index in [-0.39, 0.29) is 18.9 Å². The summed E-state index contributed by atoms with van der Waals surface area (Å²) < 4.78 is 27.7. The van der Waals surface area contributed by atoms with E-state index in [1.165, 1.54) is 6.26 Å². The third kappa shape index (κ3) is 10.00. The lowest BCUT2D eigenvalue weighted by Gasteiger charge is -2.32. The number of alkyl carbamates (subject to hydrolysis) is 1. The fourth-order valence-corrected chi connectivity index (χ4v) is 3.00. The summed E-state index contributed by atoms with van der Waals surface area (Å²) in [6.45, 7) is 7.52. The van der Waals surface area contributed by atoms with Gasteiger partial charge in [-0.15, -0.1) is 0 Å². The number of carbonyl (C=O) groups excluding carboxylic acids is 1. The van der Waals surface area contributed by atoms with Gasteiger partial charge in [0.25, 0.3) is 0 Å². The van der Waals surface area contributed by atoms with Gasteiger partial charge in [0.15, 0.2) is 0 Å². The molecule has 22 heavy (non-hydrogen) atoms. The van der Waals surface area contributed by atoms with E-state index in [1.54, 1.807) is 20.8 Å². The van der Waals surface area contributed by atoms with Gasteiger partial charge in [0, 0.05) is 24.0 Å². The van der Waals surface area contributed by atoms with Crippen molar-refractivity contribution in [2.45, 2.75) is 59.0 Å². The first-order chi connectivity index (χ1) is 9.93. The maximum absolute atomic E-state index is 11.7. The van der Waals surface area contributed by atoms with Crippen LogP contribution in [0, 0.1) is 5.41 Å². The van der Waals surface area contributed by atoms with Gasteiger partial charge in [-0.2, -0.15) is 0 Å². The highest BCUT2D eigenvalue weighted by molar-refractivity contribution is 7.90. The van der Waals surface area contributed by atoms with Crippen LogP contribution >= 0.6 is 0 Å². The normalized spacial score (nSPS) is 15.2. The Morgan fingerprint density at radius 2 is 1.82 bits per heavy atom. The molecule has 0 aliphatic heterocycles. The van der Waals surface area contributed by atoms with Gasteiger partial charge < -0.3 is 15.2 Å². The van der Waals surface area contributed by atoms with Gasteiger partial charge in [0.2, 0.25) is 0 Å². The second kappa shape index (κ2) is 8.72. The number of amides is 1. The number of nitrogens with one attached hydrogen (secondary N) is 1. The molecule has 0 bridgehead atoms. The van der Waals surface area contributed by atoms with E-state index in [4.69, 9.17) is 4.74 Å². The maximum atomic E-state index is 11.7. The molecule has 2 N–H and O–H groups in total. The Hall–Kier alpha value is -0.820. The van der Waals surface area contributed by atoms with Crippen LogP contribution in [0.25, 0.3) is 0 Å². The highest BCUT2D eigenvalue weighted by Crippen LogP contribution is 2.29. The SMILES string of the molecule is CCCC(CO)(CCCS(C)(=O)=O)CNC(=O)OC(C)(C)C. The van der Waals surface area contributed by atoms with Crippen molar-refractivity contribution in [2.24, 2.45) is 5.41 Å². The van der Waals surface area contributed by atoms with Gasteiger partial charge in [0.1, 0.15) is 15.4 Å². The highest BCUT2D eigenvalue weighted by atomic mass is 32.2. The number of carbonyl (C=O) groups is 1. The molecule has 1 atom stereocenters. The van der Waals surface area contributed by atoms with E-state index < -0.39 is 26.9 Å². The van der Waals surface area contributed by atoms with Crippen molar-refractivity contribution >= 4 is 15.9 Å². The number of sulfone groups is 1.